The quantitative estimate of drug-likeness (QED) is 0.795. The molecule has 1 aromatic rings. The van der Waals surface area contributed by atoms with Gasteiger partial charge in [-0.25, -0.2) is 8.42 Å². The molecule has 1 aromatic carbocycles. The number of benzene rings is 1. The molecule has 0 radical (unpaired) electrons. The largest absolute Gasteiger partial charge is 0.280 e. The number of rotatable bonds is 5. The molecule has 0 amide bonds. The molecule has 0 aromatic heterocycles. The van der Waals surface area contributed by atoms with Crippen LogP contribution in [0.5, 0.6) is 0 Å². The lowest BCUT2D eigenvalue weighted by molar-refractivity contribution is 0.589. The summed E-state index contributed by atoms with van der Waals surface area (Å²) in [6.45, 7) is 7.01. The van der Waals surface area contributed by atoms with Gasteiger partial charge in [-0.2, -0.15) is 0 Å². The van der Waals surface area contributed by atoms with Crippen molar-refractivity contribution in [3.05, 3.63) is 67.4 Å². The van der Waals surface area contributed by atoms with Crippen molar-refractivity contribution < 1.29 is 8.42 Å². The molecule has 0 atom stereocenters. The first kappa shape index (κ1) is 12.3. The van der Waals surface area contributed by atoms with E-state index in [0.717, 1.165) is 0 Å². The van der Waals surface area contributed by atoms with Crippen LogP contribution in [-0.4, -0.2) is 8.42 Å². The topological polar surface area (TPSA) is 46.2 Å². The monoisotopic (exact) mass is 235 g/mol. The van der Waals surface area contributed by atoms with Crippen LogP contribution in [0.4, 0.5) is 0 Å². The molecule has 0 unspecified atom stereocenters. The Labute approximate surface area is 95.9 Å². The fourth-order valence-electron chi connectivity index (χ4n) is 1.08. The molecule has 0 saturated carbocycles. The van der Waals surface area contributed by atoms with Gasteiger partial charge < -0.3 is 0 Å². The van der Waals surface area contributed by atoms with Crippen molar-refractivity contribution in [3.63, 3.8) is 0 Å². The van der Waals surface area contributed by atoms with Gasteiger partial charge in [-0.05, 0) is 24.3 Å². The first-order valence-corrected chi connectivity index (χ1v) is 6.11. The predicted molar refractivity (Wildman–Crippen MR) is 65.2 cm³/mol. The van der Waals surface area contributed by atoms with Crippen molar-refractivity contribution in [2.24, 2.45) is 0 Å². The number of hydrogen-bond donors (Lipinski definition) is 1. The highest BCUT2D eigenvalue weighted by atomic mass is 32.2. The normalized spacial score (nSPS) is 11.9. The van der Waals surface area contributed by atoms with E-state index in [4.69, 9.17) is 0 Å². The standard InChI is InChI=1S/C12H13NO2S/c1-3-8-11(4-2)13-16(14,15)12-9-6-5-7-10-12/h3-10,13H,1-2H2/b11-8+. The SMILES string of the molecule is C=C/C=C(\C=C)NS(=O)(=O)c1ccccc1. The number of hydrogen-bond acceptors (Lipinski definition) is 2. The minimum atomic E-state index is -3.53. The second-order valence-corrected chi connectivity index (χ2v) is 4.66. The Kier molecular flexibility index (Phi) is 4.08. The molecule has 0 aliphatic carbocycles. The third-order valence-corrected chi connectivity index (χ3v) is 3.22. The smallest absolute Gasteiger partial charge is 0.261 e. The van der Waals surface area contributed by atoms with Gasteiger partial charge >= 0.3 is 0 Å². The Morgan fingerprint density at radius 3 is 2.31 bits per heavy atom. The number of nitrogens with one attached hydrogen (secondary N) is 1. The summed E-state index contributed by atoms with van der Waals surface area (Å²) in [5, 5.41) is 0. The second-order valence-electron chi connectivity index (χ2n) is 2.98. The second kappa shape index (κ2) is 5.32. The van der Waals surface area contributed by atoms with Gasteiger partial charge in [-0.3, -0.25) is 4.72 Å². The molecule has 0 saturated heterocycles. The van der Waals surface area contributed by atoms with Gasteiger partial charge in [0.2, 0.25) is 0 Å². The lowest BCUT2D eigenvalue weighted by Gasteiger charge is -2.07. The first-order chi connectivity index (χ1) is 7.60. The number of allylic oxidation sites excluding steroid dienone is 3. The summed E-state index contributed by atoms with van der Waals surface area (Å²) in [6.07, 6.45) is 4.44. The molecule has 0 spiro atoms. The van der Waals surface area contributed by atoms with Crippen LogP contribution in [0.3, 0.4) is 0 Å². The first-order valence-electron chi connectivity index (χ1n) is 4.63. The molecular formula is C12H13NO2S. The zero-order chi connectivity index (χ0) is 12.0. The van der Waals surface area contributed by atoms with E-state index in [1.54, 1.807) is 18.2 Å². The lowest BCUT2D eigenvalue weighted by Crippen LogP contribution is -2.22. The van der Waals surface area contributed by atoms with Crippen LogP contribution in [0.2, 0.25) is 0 Å². The molecule has 0 aliphatic heterocycles. The number of sulfonamides is 1. The van der Waals surface area contributed by atoms with E-state index in [1.807, 2.05) is 0 Å². The highest BCUT2D eigenvalue weighted by molar-refractivity contribution is 7.89. The van der Waals surface area contributed by atoms with E-state index >= 15 is 0 Å². The van der Waals surface area contributed by atoms with Crippen LogP contribution in [0.1, 0.15) is 0 Å². The van der Waals surface area contributed by atoms with E-state index in [2.05, 4.69) is 17.9 Å². The highest BCUT2D eigenvalue weighted by Crippen LogP contribution is 2.09. The van der Waals surface area contributed by atoms with Crippen molar-refractivity contribution in [2.75, 3.05) is 0 Å². The molecule has 3 nitrogen and oxygen atoms in total. The predicted octanol–water partition coefficient (Wildman–Crippen LogP) is 2.22. The van der Waals surface area contributed by atoms with Crippen molar-refractivity contribution >= 4 is 10.0 Å². The van der Waals surface area contributed by atoms with Crippen molar-refractivity contribution in [3.8, 4) is 0 Å². The van der Waals surface area contributed by atoms with Gasteiger partial charge in [0.1, 0.15) is 0 Å². The van der Waals surface area contributed by atoms with E-state index in [1.165, 1.54) is 30.4 Å². The Balaban J connectivity index is 3.01. The van der Waals surface area contributed by atoms with Gasteiger partial charge in [0.25, 0.3) is 10.0 Å². The van der Waals surface area contributed by atoms with E-state index in [0.29, 0.717) is 5.70 Å². The molecule has 1 rings (SSSR count). The summed E-state index contributed by atoms with van der Waals surface area (Å²) in [5.41, 5.74) is 0.388. The molecule has 16 heavy (non-hydrogen) atoms. The van der Waals surface area contributed by atoms with Crippen LogP contribution >= 0.6 is 0 Å². The molecular weight excluding hydrogens is 222 g/mol. The van der Waals surface area contributed by atoms with Gasteiger partial charge in [0.05, 0.1) is 4.90 Å². The van der Waals surface area contributed by atoms with Crippen LogP contribution < -0.4 is 4.72 Å². The summed E-state index contributed by atoms with van der Waals surface area (Å²) in [7, 11) is -3.53. The maximum absolute atomic E-state index is 11.8. The van der Waals surface area contributed by atoms with E-state index < -0.39 is 10.0 Å². The fraction of sp³-hybridized carbons (Fsp3) is 0. The average molecular weight is 235 g/mol. The van der Waals surface area contributed by atoms with Gasteiger partial charge in [0, 0.05) is 5.70 Å². The van der Waals surface area contributed by atoms with Crippen LogP contribution in [-0.2, 0) is 10.0 Å². The van der Waals surface area contributed by atoms with Crippen molar-refractivity contribution in [2.45, 2.75) is 4.90 Å². The van der Waals surface area contributed by atoms with Gasteiger partial charge in [-0.15, -0.1) is 0 Å². The minimum absolute atomic E-state index is 0.215. The molecule has 0 aliphatic rings. The fourth-order valence-corrected chi connectivity index (χ4v) is 2.18. The minimum Gasteiger partial charge on any atom is -0.280 e. The molecule has 84 valence electrons. The molecule has 0 heterocycles. The van der Waals surface area contributed by atoms with Crippen LogP contribution in [0, 0.1) is 0 Å². The summed E-state index contributed by atoms with van der Waals surface area (Å²) in [5.74, 6) is 0. The Morgan fingerprint density at radius 1 is 1.19 bits per heavy atom. The Hall–Kier alpha value is -1.81. The van der Waals surface area contributed by atoms with Crippen molar-refractivity contribution in [1.29, 1.82) is 0 Å². The molecule has 4 heteroatoms. The Bertz CT molecular complexity index is 501. The maximum Gasteiger partial charge on any atom is 0.261 e. The van der Waals surface area contributed by atoms with E-state index in [9.17, 15) is 8.42 Å². The Morgan fingerprint density at radius 2 is 1.81 bits per heavy atom. The summed E-state index contributed by atoms with van der Waals surface area (Å²) in [4.78, 5) is 0.215. The van der Waals surface area contributed by atoms with E-state index in [-0.39, 0.29) is 4.90 Å². The third kappa shape index (κ3) is 3.10. The van der Waals surface area contributed by atoms with Gasteiger partial charge in [-0.1, -0.05) is 37.4 Å². The third-order valence-electron chi connectivity index (χ3n) is 1.82. The van der Waals surface area contributed by atoms with Crippen LogP contribution in [0.15, 0.2) is 72.3 Å². The summed E-state index contributed by atoms with van der Waals surface area (Å²) >= 11 is 0. The summed E-state index contributed by atoms with van der Waals surface area (Å²) < 4.78 is 26.1. The molecule has 0 bridgehead atoms. The lowest BCUT2D eigenvalue weighted by atomic mass is 10.4. The van der Waals surface area contributed by atoms with Crippen LogP contribution in [0.25, 0.3) is 0 Å². The average Bonchev–Trinajstić information content (AvgIpc) is 2.29. The molecule has 0 fully saturated rings. The zero-order valence-corrected chi connectivity index (χ0v) is 9.57. The highest BCUT2D eigenvalue weighted by Gasteiger charge is 2.12. The summed E-state index contributed by atoms with van der Waals surface area (Å²) in [6, 6.07) is 8.14. The van der Waals surface area contributed by atoms with Gasteiger partial charge in [0.15, 0.2) is 0 Å². The van der Waals surface area contributed by atoms with Crippen molar-refractivity contribution in [1.82, 2.24) is 4.72 Å². The zero-order valence-electron chi connectivity index (χ0n) is 8.76. The molecule has 1 N–H and O–H groups in total. The maximum atomic E-state index is 11.8.